The van der Waals surface area contributed by atoms with Gasteiger partial charge in [0.1, 0.15) is 11.5 Å². The maximum absolute atomic E-state index is 6.06. The summed E-state index contributed by atoms with van der Waals surface area (Å²) in [6.45, 7) is 19.8. The van der Waals surface area contributed by atoms with Crippen LogP contribution in [0.4, 0.5) is 0 Å². The Morgan fingerprint density at radius 2 is 1.05 bits per heavy atom. The Balaban J connectivity index is 0.000000181. The molecule has 8 rings (SSSR count). The van der Waals surface area contributed by atoms with Crippen LogP contribution in [0.5, 0.6) is 11.5 Å². The lowest BCUT2D eigenvalue weighted by molar-refractivity contribution is 0.0220. The van der Waals surface area contributed by atoms with E-state index in [1.165, 1.54) is 69.5 Å². The molecule has 1 aromatic heterocycles. The van der Waals surface area contributed by atoms with Gasteiger partial charge in [-0.3, -0.25) is 14.8 Å². The fourth-order valence-electron chi connectivity index (χ4n) is 9.92. The second-order valence-electron chi connectivity index (χ2n) is 17.5. The average molecular weight is 812 g/mol. The van der Waals surface area contributed by atoms with Gasteiger partial charge in [0.2, 0.25) is 0 Å². The molecule has 59 heavy (non-hydrogen) atoms. The summed E-state index contributed by atoms with van der Waals surface area (Å²) >= 11 is 0. The quantitative estimate of drug-likeness (QED) is 0.127. The van der Waals surface area contributed by atoms with Crippen LogP contribution >= 0.6 is 0 Å². The molecule has 0 atom stereocenters. The molecule has 0 aliphatic carbocycles. The van der Waals surface area contributed by atoms with Gasteiger partial charge in [-0.15, -0.1) is 0 Å². The van der Waals surface area contributed by atoms with Crippen molar-refractivity contribution in [3.8, 4) is 11.5 Å². The largest absolute Gasteiger partial charge is 0.494 e. The highest BCUT2D eigenvalue weighted by molar-refractivity contribution is 5.39. The smallest absolute Gasteiger partial charge is 0.119 e. The predicted molar refractivity (Wildman–Crippen MR) is 236 cm³/mol. The second-order valence-corrected chi connectivity index (χ2v) is 17.5. The molecule has 0 amide bonds. The Labute approximate surface area is 355 Å². The van der Waals surface area contributed by atoms with E-state index in [4.69, 9.17) is 23.7 Å². The van der Waals surface area contributed by atoms with E-state index >= 15 is 0 Å². The van der Waals surface area contributed by atoms with Crippen molar-refractivity contribution >= 4 is 0 Å². The van der Waals surface area contributed by atoms with E-state index in [0.717, 1.165) is 148 Å². The van der Waals surface area contributed by atoms with Gasteiger partial charge in [-0.25, -0.2) is 0 Å². The Morgan fingerprint density at radius 3 is 1.58 bits per heavy atom. The first-order valence-electron chi connectivity index (χ1n) is 23.1. The second kappa shape index (κ2) is 23.2. The van der Waals surface area contributed by atoms with E-state index in [1.807, 2.05) is 12.3 Å². The third-order valence-electron chi connectivity index (χ3n) is 13.6. The highest BCUT2D eigenvalue weighted by Gasteiger charge is 2.38. The molecule has 5 aliphatic rings. The summed E-state index contributed by atoms with van der Waals surface area (Å²) in [7, 11) is 1.79. The summed E-state index contributed by atoms with van der Waals surface area (Å²) in [6, 6.07) is 23.9. The maximum atomic E-state index is 6.06. The van der Waals surface area contributed by atoms with Crippen LogP contribution in [0.2, 0.25) is 0 Å². The van der Waals surface area contributed by atoms with Gasteiger partial charge in [-0.1, -0.05) is 30.3 Å². The van der Waals surface area contributed by atoms with E-state index < -0.39 is 0 Å². The monoisotopic (exact) mass is 812 g/mol. The minimum absolute atomic E-state index is 0.0478. The third-order valence-corrected chi connectivity index (χ3v) is 13.6. The van der Waals surface area contributed by atoms with Gasteiger partial charge in [0.15, 0.2) is 0 Å². The lowest BCUT2D eigenvalue weighted by Crippen LogP contribution is -2.52. The number of hydrogen-bond donors (Lipinski definition) is 0. The van der Waals surface area contributed by atoms with Crippen LogP contribution in [0, 0.1) is 0 Å². The SMILES string of the molecule is COCCN1CCN(CC2(c3ccc(OCCCN4CCCC4)cc3)CCOCC2)CC1.c1ccc(C2(c3ccc(OCCCN4CCCC4)cc3)CCOCC2)nc1. The van der Waals surface area contributed by atoms with Crippen molar-refractivity contribution < 1.29 is 23.7 Å². The van der Waals surface area contributed by atoms with Gasteiger partial charge in [0.05, 0.1) is 25.5 Å². The number of likely N-dealkylation sites (tertiary alicyclic amines) is 2. The Kier molecular flexibility index (Phi) is 17.3. The maximum Gasteiger partial charge on any atom is 0.119 e. The Bertz CT molecular complexity index is 1580. The molecule has 0 spiro atoms. The van der Waals surface area contributed by atoms with Crippen LogP contribution in [-0.2, 0) is 25.0 Å². The fourth-order valence-corrected chi connectivity index (χ4v) is 9.92. The minimum atomic E-state index is -0.0478. The molecular formula is C49H73N5O5. The van der Waals surface area contributed by atoms with Crippen LogP contribution in [0.3, 0.4) is 0 Å². The lowest BCUT2D eigenvalue weighted by Gasteiger charge is -2.44. The number of ether oxygens (including phenoxy) is 5. The first-order chi connectivity index (χ1) is 29.1. The molecule has 6 heterocycles. The molecule has 5 saturated heterocycles. The van der Waals surface area contributed by atoms with Crippen molar-refractivity contribution in [1.82, 2.24) is 24.6 Å². The lowest BCUT2D eigenvalue weighted by atomic mass is 9.71. The normalized spacial score (nSPS) is 21.5. The molecule has 0 bridgehead atoms. The van der Waals surface area contributed by atoms with Gasteiger partial charge in [0.25, 0.3) is 0 Å². The van der Waals surface area contributed by atoms with E-state index in [9.17, 15) is 0 Å². The predicted octanol–water partition coefficient (Wildman–Crippen LogP) is 6.91. The summed E-state index contributed by atoms with van der Waals surface area (Å²) in [5.74, 6) is 1.97. The molecule has 10 nitrogen and oxygen atoms in total. The van der Waals surface area contributed by atoms with Crippen molar-refractivity contribution in [1.29, 1.82) is 0 Å². The zero-order valence-electron chi connectivity index (χ0n) is 36.2. The summed E-state index contributed by atoms with van der Waals surface area (Å²) in [5, 5.41) is 0. The van der Waals surface area contributed by atoms with Gasteiger partial charge in [-0.2, -0.15) is 0 Å². The van der Waals surface area contributed by atoms with Crippen LogP contribution < -0.4 is 9.47 Å². The van der Waals surface area contributed by atoms with Crippen molar-refractivity contribution in [2.45, 2.75) is 75.0 Å². The molecule has 10 heteroatoms. The molecular weight excluding hydrogens is 739 g/mol. The van der Waals surface area contributed by atoms with Crippen molar-refractivity contribution in [2.24, 2.45) is 0 Å². The number of piperazine rings is 1. The molecule has 0 N–H and O–H groups in total. The summed E-state index contributed by atoms with van der Waals surface area (Å²) in [4.78, 5) is 15.0. The molecule has 3 aromatic rings. The highest BCUT2D eigenvalue weighted by atomic mass is 16.5. The van der Waals surface area contributed by atoms with Gasteiger partial charge in [0, 0.05) is 103 Å². The number of benzene rings is 2. The third kappa shape index (κ3) is 12.7. The number of nitrogens with zero attached hydrogens (tertiary/aromatic N) is 5. The number of pyridine rings is 1. The van der Waals surface area contributed by atoms with E-state index in [-0.39, 0.29) is 10.8 Å². The summed E-state index contributed by atoms with van der Waals surface area (Å²) in [5.41, 5.74) is 4.06. The number of rotatable bonds is 18. The van der Waals surface area contributed by atoms with Gasteiger partial charge >= 0.3 is 0 Å². The van der Waals surface area contributed by atoms with Crippen LogP contribution in [0.15, 0.2) is 72.9 Å². The van der Waals surface area contributed by atoms with Crippen molar-refractivity contribution in [2.75, 3.05) is 132 Å². The average Bonchev–Trinajstić information content (AvgIpc) is 4.04. The molecule has 5 fully saturated rings. The van der Waals surface area contributed by atoms with Crippen LogP contribution in [-0.4, -0.2) is 156 Å². The molecule has 2 aromatic carbocycles. The standard InChI is InChI=1S/C26H43N3O3.C23H30N2O2/c1-30-22-18-28-14-16-29(17-15-28)23-26(9-20-31-21-10-26)24-5-7-25(8-6-24)32-19-4-13-27-11-2-3-12-27;1-2-13-24-22(6-1)23(11-18-26-19-12-23)20-7-9-21(10-8-20)27-17-5-16-25-14-3-4-15-25/h5-8H,2-4,9-23H2,1H3;1-2,6-10,13H,3-5,11-12,14-19H2. The number of methoxy groups -OCH3 is 1. The van der Waals surface area contributed by atoms with E-state index in [2.05, 4.69) is 85.2 Å². The van der Waals surface area contributed by atoms with E-state index in [0.29, 0.717) is 0 Å². The van der Waals surface area contributed by atoms with Crippen molar-refractivity contribution in [3.05, 3.63) is 89.7 Å². The van der Waals surface area contributed by atoms with Gasteiger partial charge < -0.3 is 33.5 Å². The summed E-state index contributed by atoms with van der Waals surface area (Å²) in [6.07, 6.45) is 13.7. The fraction of sp³-hybridized carbons (Fsp3) is 0.653. The first kappa shape index (κ1) is 44.0. The zero-order chi connectivity index (χ0) is 40.4. The highest BCUT2D eigenvalue weighted by Crippen LogP contribution is 2.41. The molecule has 5 aliphatic heterocycles. The van der Waals surface area contributed by atoms with Gasteiger partial charge in [-0.05, 0) is 138 Å². The topological polar surface area (TPSA) is 72.0 Å². The van der Waals surface area contributed by atoms with Crippen LogP contribution in [0.1, 0.15) is 81.0 Å². The molecule has 324 valence electrons. The number of aromatic nitrogens is 1. The molecule has 0 radical (unpaired) electrons. The van der Waals surface area contributed by atoms with E-state index in [1.54, 1.807) is 7.11 Å². The Hall–Kier alpha value is -3.09. The first-order valence-corrected chi connectivity index (χ1v) is 23.1. The summed E-state index contributed by atoms with van der Waals surface area (Å²) < 4.78 is 28.7. The Morgan fingerprint density at radius 1 is 0.542 bits per heavy atom. The zero-order valence-corrected chi connectivity index (χ0v) is 36.2. The number of hydrogen-bond acceptors (Lipinski definition) is 10. The minimum Gasteiger partial charge on any atom is -0.494 e. The van der Waals surface area contributed by atoms with Crippen molar-refractivity contribution in [3.63, 3.8) is 0 Å². The molecule has 0 unspecified atom stereocenters. The molecule has 0 saturated carbocycles. The van der Waals surface area contributed by atoms with Crippen LogP contribution in [0.25, 0.3) is 0 Å².